The molecule has 0 aromatic heterocycles. The van der Waals surface area contributed by atoms with E-state index in [2.05, 4.69) is 6.92 Å². The average Bonchev–Trinajstić information content (AvgIpc) is 2.43. The molecule has 1 aromatic rings. The fraction of sp³-hybridized carbons (Fsp3) is 0.500. The molecule has 1 heterocycles. The van der Waals surface area contributed by atoms with E-state index in [4.69, 9.17) is 28.9 Å². The van der Waals surface area contributed by atoms with Crippen LogP contribution in [0.1, 0.15) is 43.0 Å². The van der Waals surface area contributed by atoms with Crippen molar-refractivity contribution in [3.8, 4) is 0 Å². The van der Waals surface area contributed by atoms with Gasteiger partial charge in [-0.15, -0.1) is 0 Å². The number of carbonyl (C=O) groups is 1. The molecule has 2 rings (SSSR count). The Bertz CT molecular complexity index is 467. The smallest absolute Gasteiger partial charge is 0.254 e. The largest absolute Gasteiger partial charge is 0.397 e. The van der Waals surface area contributed by atoms with Crippen molar-refractivity contribution >= 4 is 34.8 Å². The lowest BCUT2D eigenvalue weighted by molar-refractivity contribution is 0.0608. The zero-order valence-corrected chi connectivity index (χ0v) is 12.5. The van der Waals surface area contributed by atoms with Crippen molar-refractivity contribution in [1.82, 2.24) is 4.90 Å². The second-order valence-corrected chi connectivity index (χ2v) is 5.70. The molecule has 0 radical (unpaired) electrons. The van der Waals surface area contributed by atoms with Crippen LogP contribution in [0.15, 0.2) is 12.1 Å². The first-order valence-corrected chi connectivity index (χ1v) is 7.35. The highest BCUT2D eigenvalue weighted by atomic mass is 35.5. The van der Waals surface area contributed by atoms with Crippen molar-refractivity contribution in [3.05, 3.63) is 27.7 Å². The number of nitrogens with two attached hydrogens (primary N) is 1. The predicted molar refractivity (Wildman–Crippen MR) is 79.8 cm³/mol. The van der Waals surface area contributed by atoms with Crippen molar-refractivity contribution in [1.29, 1.82) is 0 Å². The maximum Gasteiger partial charge on any atom is 0.254 e. The van der Waals surface area contributed by atoms with Gasteiger partial charge in [0.05, 0.1) is 15.7 Å². The quantitative estimate of drug-likeness (QED) is 0.840. The number of benzene rings is 1. The molecule has 0 bridgehead atoms. The van der Waals surface area contributed by atoms with Crippen LogP contribution in [0, 0.1) is 0 Å². The van der Waals surface area contributed by atoms with Gasteiger partial charge in [-0.2, -0.15) is 0 Å². The van der Waals surface area contributed by atoms with E-state index in [9.17, 15) is 4.79 Å². The van der Waals surface area contributed by atoms with E-state index in [1.165, 1.54) is 6.42 Å². The highest BCUT2D eigenvalue weighted by Gasteiger charge is 2.26. The molecule has 1 aliphatic rings. The highest BCUT2D eigenvalue weighted by molar-refractivity contribution is 6.43. The van der Waals surface area contributed by atoms with Crippen molar-refractivity contribution in [2.45, 2.75) is 38.6 Å². The molecular formula is C14H18Cl2N2O. The molecule has 0 aliphatic carbocycles. The lowest BCUT2D eigenvalue weighted by Gasteiger charge is -2.35. The van der Waals surface area contributed by atoms with Crippen molar-refractivity contribution in [3.63, 3.8) is 0 Å². The number of hydrogen-bond acceptors (Lipinski definition) is 2. The molecule has 1 aromatic carbocycles. The molecule has 0 spiro atoms. The standard InChI is InChI=1S/C14H18Cl2N2O/c1-2-10-5-3-4-6-18(10)14(19)9-7-11(15)13(16)12(17)8-9/h7-8,10H,2-6,17H2,1H3. The Morgan fingerprint density at radius 1 is 1.42 bits per heavy atom. The number of piperidine rings is 1. The van der Waals surface area contributed by atoms with Gasteiger partial charge in [-0.1, -0.05) is 30.1 Å². The molecular weight excluding hydrogens is 283 g/mol. The van der Waals surface area contributed by atoms with Gasteiger partial charge in [-0.05, 0) is 37.8 Å². The number of nitrogen functional groups attached to an aromatic ring is 1. The Labute approximate surface area is 123 Å². The second-order valence-electron chi connectivity index (χ2n) is 4.92. The molecule has 19 heavy (non-hydrogen) atoms. The van der Waals surface area contributed by atoms with Crippen LogP contribution in [0.5, 0.6) is 0 Å². The normalized spacial score (nSPS) is 19.5. The molecule has 2 N–H and O–H groups in total. The minimum atomic E-state index is -0.00295. The summed E-state index contributed by atoms with van der Waals surface area (Å²) < 4.78 is 0. The summed E-state index contributed by atoms with van der Waals surface area (Å²) in [6.45, 7) is 2.91. The molecule has 5 heteroatoms. The molecule has 1 atom stereocenters. The van der Waals surface area contributed by atoms with Gasteiger partial charge in [0.15, 0.2) is 0 Å². The fourth-order valence-electron chi connectivity index (χ4n) is 2.59. The maximum absolute atomic E-state index is 12.6. The highest BCUT2D eigenvalue weighted by Crippen LogP contribution is 2.31. The van der Waals surface area contributed by atoms with Crippen LogP contribution < -0.4 is 5.73 Å². The van der Waals surface area contributed by atoms with E-state index in [0.717, 1.165) is 25.8 Å². The van der Waals surface area contributed by atoms with Crippen LogP contribution in [-0.4, -0.2) is 23.4 Å². The third kappa shape index (κ3) is 2.98. The molecule has 3 nitrogen and oxygen atoms in total. The zero-order chi connectivity index (χ0) is 14.0. The van der Waals surface area contributed by atoms with E-state index in [1.807, 2.05) is 4.90 Å². The summed E-state index contributed by atoms with van der Waals surface area (Å²) in [5.74, 6) is -0.00295. The lowest BCUT2D eigenvalue weighted by atomic mass is 9.99. The van der Waals surface area contributed by atoms with Crippen molar-refractivity contribution in [2.75, 3.05) is 12.3 Å². The third-order valence-corrected chi connectivity index (χ3v) is 4.48. The molecule has 104 valence electrons. The van der Waals surface area contributed by atoms with Crippen LogP contribution in [0.4, 0.5) is 5.69 Å². The second kappa shape index (κ2) is 6.02. The number of anilines is 1. The third-order valence-electron chi connectivity index (χ3n) is 3.66. The minimum Gasteiger partial charge on any atom is -0.397 e. The SMILES string of the molecule is CCC1CCCCN1C(=O)c1cc(N)c(Cl)c(Cl)c1. The van der Waals surface area contributed by atoms with E-state index in [1.54, 1.807) is 12.1 Å². The monoisotopic (exact) mass is 300 g/mol. The van der Waals surface area contributed by atoms with Gasteiger partial charge in [0.1, 0.15) is 0 Å². The summed E-state index contributed by atoms with van der Waals surface area (Å²) in [7, 11) is 0. The maximum atomic E-state index is 12.6. The Hall–Kier alpha value is -0.930. The van der Waals surface area contributed by atoms with Crippen LogP contribution in [0.2, 0.25) is 10.0 Å². The van der Waals surface area contributed by atoms with Crippen molar-refractivity contribution < 1.29 is 4.79 Å². The average molecular weight is 301 g/mol. The number of nitrogens with zero attached hydrogens (tertiary/aromatic N) is 1. The van der Waals surface area contributed by atoms with E-state index < -0.39 is 0 Å². The zero-order valence-electron chi connectivity index (χ0n) is 11.0. The van der Waals surface area contributed by atoms with Crippen molar-refractivity contribution in [2.24, 2.45) is 0 Å². The van der Waals surface area contributed by atoms with Gasteiger partial charge >= 0.3 is 0 Å². The minimum absolute atomic E-state index is 0.00295. The Morgan fingerprint density at radius 3 is 2.79 bits per heavy atom. The number of halogens is 2. The van der Waals surface area contributed by atoms with Gasteiger partial charge in [0.2, 0.25) is 0 Å². The summed E-state index contributed by atoms with van der Waals surface area (Å²) in [4.78, 5) is 14.5. The van der Waals surface area contributed by atoms with E-state index in [0.29, 0.717) is 27.3 Å². The number of rotatable bonds is 2. The van der Waals surface area contributed by atoms with E-state index >= 15 is 0 Å². The molecule has 0 saturated carbocycles. The molecule has 1 amide bonds. The summed E-state index contributed by atoms with van der Waals surface area (Å²) in [6.07, 6.45) is 4.28. The van der Waals surface area contributed by atoms with Gasteiger partial charge in [0, 0.05) is 18.2 Å². The van der Waals surface area contributed by atoms with Crippen LogP contribution in [-0.2, 0) is 0 Å². The lowest BCUT2D eigenvalue weighted by Crippen LogP contribution is -2.43. The summed E-state index contributed by atoms with van der Waals surface area (Å²) in [6, 6.07) is 3.53. The van der Waals surface area contributed by atoms with Crippen LogP contribution >= 0.6 is 23.2 Å². The first-order valence-electron chi connectivity index (χ1n) is 6.60. The van der Waals surface area contributed by atoms with Gasteiger partial charge < -0.3 is 10.6 Å². The number of carbonyl (C=O) groups excluding carboxylic acids is 1. The molecule has 1 saturated heterocycles. The van der Waals surface area contributed by atoms with Crippen LogP contribution in [0.3, 0.4) is 0 Å². The molecule has 1 unspecified atom stereocenters. The first kappa shape index (κ1) is 14.5. The summed E-state index contributed by atoms with van der Waals surface area (Å²) in [5.41, 5.74) is 6.64. The van der Waals surface area contributed by atoms with Gasteiger partial charge in [-0.3, -0.25) is 4.79 Å². The Kier molecular flexibility index (Phi) is 4.58. The predicted octanol–water partition coefficient (Wildman–Crippen LogP) is 3.98. The Morgan fingerprint density at radius 2 is 2.16 bits per heavy atom. The van der Waals surface area contributed by atoms with Gasteiger partial charge in [0.25, 0.3) is 5.91 Å². The number of hydrogen-bond donors (Lipinski definition) is 1. The topological polar surface area (TPSA) is 46.3 Å². The number of amides is 1. The number of likely N-dealkylation sites (tertiary alicyclic amines) is 1. The van der Waals surface area contributed by atoms with E-state index in [-0.39, 0.29) is 5.91 Å². The Balaban J connectivity index is 2.28. The van der Waals surface area contributed by atoms with Crippen LogP contribution in [0.25, 0.3) is 0 Å². The summed E-state index contributed by atoms with van der Waals surface area (Å²) in [5, 5.41) is 0.638. The van der Waals surface area contributed by atoms with Gasteiger partial charge in [-0.25, -0.2) is 0 Å². The fourth-order valence-corrected chi connectivity index (χ4v) is 2.93. The molecule has 1 aliphatic heterocycles. The first-order chi connectivity index (χ1) is 9.04. The molecule has 1 fully saturated rings. The summed E-state index contributed by atoms with van der Waals surface area (Å²) >= 11 is 11.9.